The van der Waals surface area contributed by atoms with Crippen molar-refractivity contribution in [3.8, 4) is 5.75 Å². The number of carbonyl (C=O) groups excluding carboxylic acids is 1. The lowest BCUT2D eigenvalue weighted by atomic mass is 10.0. The molecular formula is C18H19BrN2O2. The molecule has 1 fully saturated rings. The van der Waals surface area contributed by atoms with Gasteiger partial charge < -0.3 is 15.0 Å². The molecule has 5 heteroatoms. The summed E-state index contributed by atoms with van der Waals surface area (Å²) in [5, 5.41) is 2.99. The third-order valence-electron chi connectivity index (χ3n) is 4.13. The maximum absolute atomic E-state index is 12.6. The molecule has 3 rings (SSSR count). The molecule has 1 heterocycles. The Morgan fingerprint density at radius 1 is 1.22 bits per heavy atom. The molecule has 1 aliphatic rings. The standard InChI is InChI=1S/C18H19BrN2O2/c1-23-14-10-8-13(9-11-14)17-7-4-12-21(17)18(22)20-16-6-3-2-5-15(16)19/h2-3,5-6,8-11,17H,4,7,12H2,1H3,(H,20,22). The predicted octanol–water partition coefficient (Wildman–Crippen LogP) is 4.83. The molecule has 1 saturated heterocycles. The summed E-state index contributed by atoms with van der Waals surface area (Å²) >= 11 is 3.46. The van der Waals surface area contributed by atoms with E-state index in [9.17, 15) is 4.79 Å². The van der Waals surface area contributed by atoms with Gasteiger partial charge in [-0.2, -0.15) is 0 Å². The minimum atomic E-state index is -0.0600. The predicted molar refractivity (Wildman–Crippen MR) is 94.8 cm³/mol. The Morgan fingerprint density at radius 2 is 1.96 bits per heavy atom. The fourth-order valence-corrected chi connectivity index (χ4v) is 3.32. The van der Waals surface area contributed by atoms with Crippen LogP contribution in [0.4, 0.5) is 10.5 Å². The summed E-state index contributed by atoms with van der Waals surface area (Å²) in [6, 6.07) is 15.6. The van der Waals surface area contributed by atoms with Crippen molar-refractivity contribution < 1.29 is 9.53 Å². The average Bonchev–Trinajstić information content (AvgIpc) is 3.07. The molecule has 2 aromatic carbocycles. The van der Waals surface area contributed by atoms with Gasteiger partial charge in [0.15, 0.2) is 0 Å². The van der Waals surface area contributed by atoms with Crippen LogP contribution in [0.5, 0.6) is 5.75 Å². The molecule has 1 N–H and O–H groups in total. The zero-order valence-corrected chi connectivity index (χ0v) is 14.5. The Balaban J connectivity index is 1.75. The minimum absolute atomic E-state index is 0.0600. The maximum atomic E-state index is 12.6. The first kappa shape index (κ1) is 15.9. The van der Waals surface area contributed by atoms with Gasteiger partial charge in [-0.05, 0) is 58.6 Å². The number of amides is 2. The number of hydrogen-bond acceptors (Lipinski definition) is 2. The Labute approximate surface area is 144 Å². The summed E-state index contributed by atoms with van der Waals surface area (Å²) in [7, 11) is 1.65. The number of urea groups is 1. The van der Waals surface area contributed by atoms with Gasteiger partial charge in [-0.3, -0.25) is 0 Å². The first-order valence-corrected chi connectivity index (χ1v) is 8.44. The summed E-state index contributed by atoms with van der Waals surface area (Å²) in [5.74, 6) is 0.830. The Kier molecular flexibility index (Phi) is 4.86. The topological polar surface area (TPSA) is 41.6 Å². The normalized spacial score (nSPS) is 17.1. The third-order valence-corrected chi connectivity index (χ3v) is 4.82. The number of para-hydroxylation sites is 1. The number of rotatable bonds is 3. The van der Waals surface area contributed by atoms with E-state index in [4.69, 9.17) is 4.74 Å². The van der Waals surface area contributed by atoms with Crippen LogP contribution in [-0.4, -0.2) is 24.6 Å². The highest BCUT2D eigenvalue weighted by Gasteiger charge is 2.30. The van der Waals surface area contributed by atoms with Gasteiger partial charge in [0.1, 0.15) is 5.75 Å². The molecule has 0 aliphatic carbocycles. The third kappa shape index (κ3) is 3.50. The molecule has 1 atom stereocenters. The zero-order chi connectivity index (χ0) is 16.2. The lowest BCUT2D eigenvalue weighted by Gasteiger charge is -2.25. The van der Waals surface area contributed by atoms with Crippen molar-refractivity contribution >= 4 is 27.6 Å². The molecule has 0 radical (unpaired) electrons. The van der Waals surface area contributed by atoms with Crippen molar-refractivity contribution in [3.05, 3.63) is 58.6 Å². The monoisotopic (exact) mass is 374 g/mol. The van der Waals surface area contributed by atoms with Crippen LogP contribution in [0.1, 0.15) is 24.4 Å². The molecule has 0 spiro atoms. The van der Waals surface area contributed by atoms with Gasteiger partial charge >= 0.3 is 6.03 Å². The summed E-state index contributed by atoms with van der Waals surface area (Å²) in [4.78, 5) is 14.5. The van der Waals surface area contributed by atoms with E-state index < -0.39 is 0 Å². The molecule has 0 saturated carbocycles. The average molecular weight is 375 g/mol. The maximum Gasteiger partial charge on any atom is 0.322 e. The van der Waals surface area contributed by atoms with Gasteiger partial charge in [-0.25, -0.2) is 4.79 Å². The van der Waals surface area contributed by atoms with E-state index in [1.165, 1.54) is 0 Å². The molecule has 1 aliphatic heterocycles. The molecular weight excluding hydrogens is 356 g/mol. The van der Waals surface area contributed by atoms with Crippen LogP contribution in [-0.2, 0) is 0 Å². The molecule has 120 valence electrons. The number of anilines is 1. The second-order valence-electron chi connectivity index (χ2n) is 5.53. The van der Waals surface area contributed by atoms with Gasteiger partial charge in [0.25, 0.3) is 0 Å². The molecule has 0 aromatic heterocycles. The van der Waals surface area contributed by atoms with Crippen molar-refractivity contribution in [2.45, 2.75) is 18.9 Å². The number of benzene rings is 2. The first-order valence-electron chi connectivity index (χ1n) is 7.65. The highest BCUT2D eigenvalue weighted by molar-refractivity contribution is 9.10. The number of halogens is 1. The van der Waals surface area contributed by atoms with Crippen molar-refractivity contribution in [3.63, 3.8) is 0 Å². The Bertz CT molecular complexity index is 688. The molecule has 2 amide bonds. The molecule has 0 bridgehead atoms. The van der Waals surface area contributed by atoms with Crippen molar-refractivity contribution in [1.29, 1.82) is 0 Å². The number of methoxy groups -OCH3 is 1. The lowest BCUT2D eigenvalue weighted by molar-refractivity contribution is 0.207. The fraction of sp³-hybridized carbons (Fsp3) is 0.278. The van der Waals surface area contributed by atoms with Crippen LogP contribution >= 0.6 is 15.9 Å². The van der Waals surface area contributed by atoms with E-state index in [2.05, 4.69) is 21.2 Å². The van der Waals surface area contributed by atoms with Gasteiger partial charge in [0.05, 0.1) is 18.8 Å². The van der Waals surface area contributed by atoms with Gasteiger partial charge in [-0.15, -0.1) is 0 Å². The molecule has 23 heavy (non-hydrogen) atoms. The second kappa shape index (κ2) is 7.04. The van der Waals surface area contributed by atoms with Crippen LogP contribution in [0, 0.1) is 0 Å². The van der Waals surface area contributed by atoms with E-state index in [0.29, 0.717) is 0 Å². The van der Waals surface area contributed by atoms with Gasteiger partial charge in [0.2, 0.25) is 0 Å². The van der Waals surface area contributed by atoms with Crippen LogP contribution < -0.4 is 10.1 Å². The molecule has 4 nitrogen and oxygen atoms in total. The van der Waals surface area contributed by atoms with E-state index in [-0.39, 0.29) is 12.1 Å². The SMILES string of the molecule is COc1ccc(C2CCCN2C(=O)Nc2ccccc2Br)cc1. The van der Waals surface area contributed by atoms with Crippen LogP contribution in [0.2, 0.25) is 0 Å². The smallest absolute Gasteiger partial charge is 0.322 e. The van der Waals surface area contributed by atoms with E-state index >= 15 is 0 Å². The number of hydrogen-bond donors (Lipinski definition) is 1. The summed E-state index contributed by atoms with van der Waals surface area (Å²) < 4.78 is 6.08. The molecule has 1 unspecified atom stereocenters. The van der Waals surface area contributed by atoms with Crippen LogP contribution in [0.15, 0.2) is 53.0 Å². The van der Waals surface area contributed by atoms with Crippen molar-refractivity contribution in [2.24, 2.45) is 0 Å². The summed E-state index contributed by atoms with van der Waals surface area (Å²) in [6.45, 7) is 0.771. The van der Waals surface area contributed by atoms with E-state index in [1.54, 1.807) is 7.11 Å². The number of ether oxygens (including phenoxy) is 1. The van der Waals surface area contributed by atoms with Crippen LogP contribution in [0.3, 0.4) is 0 Å². The minimum Gasteiger partial charge on any atom is -0.497 e. The highest BCUT2D eigenvalue weighted by atomic mass is 79.9. The zero-order valence-electron chi connectivity index (χ0n) is 13.0. The number of nitrogens with zero attached hydrogens (tertiary/aromatic N) is 1. The number of nitrogens with one attached hydrogen (secondary N) is 1. The van der Waals surface area contributed by atoms with Crippen LogP contribution in [0.25, 0.3) is 0 Å². The van der Waals surface area contributed by atoms with Gasteiger partial charge in [-0.1, -0.05) is 24.3 Å². The van der Waals surface area contributed by atoms with Gasteiger partial charge in [0, 0.05) is 11.0 Å². The quantitative estimate of drug-likeness (QED) is 0.835. The fourth-order valence-electron chi connectivity index (χ4n) is 2.93. The number of carbonyl (C=O) groups is 1. The van der Waals surface area contributed by atoms with Crippen molar-refractivity contribution in [2.75, 3.05) is 19.0 Å². The lowest BCUT2D eigenvalue weighted by Crippen LogP contribution is -2.34. The number of likely N-dealkylation sites (tertiary alicyclic amines) is 1. The summed E-state index contributed by atoms with van der Waals surface area (Å²) in [5.41, 5.74) is 1.93. The largest absolute Gasteiger partial charge is 0.497 e. The summed E-state index contributed by atoms with van der Waals surface area (Å²) in [6.07, 6.45) is 2.00. The first-order chi connectivity index (χ1) is 11.2. The highest BCUT2D eigenvalue weighted by Crippen LogP contribution is 2.33. The Hall–Kier alpha value is -2.01. The molecule has 2 aromatic rings. The van der Waals surface area contributed by atoms with Crippen molar-refractivity contribution in [1.82, 2.24) is 4.90 Å². The van der Waals surface area contributed by atoms with E-state index in [0.717, 1.165) is 40.9 Å². The second-order valence-corrected chi connectivity index (χ2v) is 6.39. The van der Waals surface area contributed by atoms with E-state index in [1.807, 2.05) is 53.4 Å². The Morgan fingerprint density at radius 3 is 2.65 bits per heavy atom.